The number of carbonyl (C=O) groups excluding carboxylic acids is 2. The van der Waals surface area contributed by atoms with Gasteiger partial charge < -0.3 is 9.73 Å². The minimum absolute atomic E-state index is 0.257. The number of unbranched alkanes of at least 4 members (excludes halogenated alkanes) is 1. The maximum atomic E-state index is 11.9. The van der Waals surface area contributed by atoms with Gasteiger partial charge in [0.05, 0.1) is 6.26 Å². The minimum Gasteiger partial charge on any atom is -0.469 e. The maximum absolute atomic E-state index is 11.9. The van der Waals surface area contributed by atoms with Crippen LogP contribution in [0.3, 0.4) is 0 Å². The van der Waals surface area contributed by atoms with Gasteiger partial charge in [0, 0.05) is 6.42 Å². The summed E-state index contributed by atoms with van der Waals surface area (Å²) in [6.07, 6.45) is 4.45. The molecule has 0 saturated carbocycles. The quantitative estimate of drug-likeness (QED) is 0.762. The molecule has 2 rings (SSSR count). The van der Waals surface area contributed by atoms with Crippen LogP contribution in [-0.4, -0.2) is 17.5 Å². The summed E-state index contributed by atoms with van der Waals surface area (Å²) in [6, 6.07) is 3.17. The lowest BCUT2D eigenvalue weighted by Crippen LogP contribution is -2.48. The summed E-state index contributed by atoms with van der Waals surface area (Å²) < 4.78 is 5.25. The number of amides is 3. The van der Waals surface area contributed by atoms with Gasteiger partial charge in [0.2, 0.25) is 0 Å². The van der Waals surface area contributed by atoms with Crippen LogP contribution < -0.4 is 10.6 Å². The fourth-order valence-corrected chi connectivity index (χ4v) is 2.11. The fourth-order valence-electron chi connectivity index (χ4n) is 2.11. The van der Waals surface area contributed by atoms with Crippen LogP contribution in [0.25, 0.3) is 0 Å². The van der Waals surface area contributed by atoms with Crippen LogP contribution in [0.5, 0.6) is 0 Å². The summed E-state index contributed by atoms with van der Waals surface area (Å²) in [6.45, 7) is 2.05. The second kappa shape index (κ2) is 4.61. The Morgan fingerprint density at radius 3 is 2.76 bits per heavy atom. The first-order valence-corrected chi connectivity index (χ1v) is 5.82. The summed E-state index contributed by atoms with van der Waals surface area (Å²) in [4.78, 5) is 23.2. The first kappa shape index (κ1) is 11.7. The molecule has 5 heteroatoms. The predicted octanol–water partition coefficient (Wildman–Crippen LogP) is 1.59. The molecule has 2 N–H and O–H groups in total. The highest BCUT2D eigenvalue weighted by Crippen LogP contribution is 2.24. The molecule has 1 aromatic heterocycles. The van der Waals surface area contributed by atoms with Crippen LogP contribution in [-0.2, 0) is 11.2 Å². The number of hydrogen-bond donors (Lipinski definition) is 2. The highest BCUT2D eigenvalue weighted by molar-refractivity contribution is 6.07. The largest absolute Gasteiger partial charge is 0.469 e. The summed E-state index contributed by atoms with van der Waals surface area (Å²) in [7, 11) is 0. The molecule has 1 unspecified atom stereocenters. The molecule has 92 valence electrons. The zero-order valence-electron chi connectivity index (χ0n) is 9.79. The number of rotatable bonds is 5. The average Bonchev–Trinajstić information content (AvgIpc) is 2.86. The molecule has 3 amide bonds. The first-order chi connectivity index (χ1) is 8.16. The third-order valence-electron chi connectivity index (χ3n) is 3.03. The number of nitrogens with one attached hydrogen (secondary N) is 2. The fraction of sp³-hybridized carbons (Fsp3) is 0.500. The van der Waals surface area contributed by atoms with Gasteiger partial charge in [0.25, 0.3) is 5.91 Å². The number of urea groups is 1. The van der Waals surface area contributed by atoms with Crippen molar-refractivity contribution in [1.29, 1.82) is 0 Å². The van der Waals surface area contributed by atoms with Crippen molar-refractivity contribution >= 4 is 11.9 Å². The van der Waals surface area contributed by atoms with E-state index in [1.54, 1.807) is 12.3 Å². The van der Waals surface area contributed by atoms with Crippen molar-refractivity contribution in [2.75, 3.05) is 0 Å². The van der Waals surface area contributed by atoms with E-state index in [0.29, 0.717) is 18.6 Å². The van der Waals surface area contributed by atoms with Crippen LogP contribution in [0.15, 0.2) is 22.8 Å². The molecule has 0 aliphatic carbocycles. The lowest BCUT2D eigenvalue weighted by Gasteiger charge is -2.24. The monoisotopic (exact) mass is 236 g/mol. The number of imide groups is 1. The van der Waals surface area contributed by atoms with E-state index in [9.17, 15) is 9.59 Å². The van der Waals surface area contributed by atoms with Crippen molar-refractivity contribution in [2.45, 2.75) is 38.1 Å². The Morgan fingerprint density at radius 1 is 1.41 bits per heavy atom. The summed E-state index contributed by atoms with van der Waals surface area (Å²) in [5, 5.41) is 5.03. The molecule has 2 heterocycles. The molecule has 1 fully saturated rings. The van der Waals surface area contributed by atoms with Gasteiger partial charge >= 0.3 is 6.03 Å². The van der Waals surface area contributed by atoms with Crippen LogP contribution in [0.4, 0.5) is 4.79 Å². The highest BCUT2D eigenvalue weighted by Gasteiger charge is 2.46. The van der Waals surface area contributed by atoms with Crippen LogP contribution in [0.1, 0.15) is 31.9 Å². The lowest BCUT2D eigenvalue weighted by molar-refractivity contribution is -0.124. The third-order valence-corrected chi connectivity index (χ3v) is 3.03. The van der Waals surface area contributed by atoms with Gasteiger partial charge in [0.15, 0.2) is 0 Å². The SMILES string of the molecule is CCCCC1(Cc2ccco2)NC(=O)NC1=O. The van der Waals surface area contributed by atoms with E-state index in [1.165, 1.54) is 0 Å². The third kappa shape index (κ3) is 2.33. The Balaban J connectivity index is 2.18. The summed E-state index contributed by atoms with van der Waals surface area (Å²) in [5.74, 6) is 0.450. The molecule has 17 heavy (non-hydrogen) atoms. The van der Waals surface area contributed by atoms with E-state index < -0.39 is 11.6 Å². The summed E-state index contributed by atoms with van der Waals surface area (Å²) >= 11 is 0. The molecule has 1 aromatic rings. The molecular formula is C12H16N2O3. The molecule has 0 bridgehead atoms. The second-order valence-electron chi connectivity index (χ2n) is 4.35. The van der Waals surface area contributed by atoms with Crippen molar-refractivity contribution in [3.63, 3.8) is 0 Å². The smallest absolute Gasteiger partial charge is 0.322 e. The minimum atomic E-state index is -0.842. The lowest BCUT2D eigenvalue weighted by atomic mass is 9.88. The zero-order valence-corrected chi connectivity index (χ0v) is 9.79. The Bertz CT molecular complexity index is 413. The number of furan rings is 1. The van der Waals surface area contributed by atoms with Crippen molar-refractivity contribution < 1.29 is 14.0 Å². The van der Waals surface area contributed by atoms with Gasteiger partial charge in [-0.05, 0) is 18.6 Å². The number of hydrogen-bond acceptors (Lipinski definition) is 3. The Kier molecular flexibility index (Phi) is 3.17. The molecule has 0 aromatic carbocycles. The van der Waals surface area contributed by atoms with E-state index in [-0.39, 0.29) is 5.91 Å². The molecule has 1 atom stereocenters. The topological polar surface area (TPSA) is 71.3 Å². The standard InChI is InChI=1S/C12H16N2O3/c1-2-3-6-12(8-9-5-4-7-17-9)10(15)13-11(16)14-12/h4-5,7H,2-3,6,8H2,1H3,(H2,13,14,15,16). The zero-order chi connectivity index (χ0) is 12.3. The van der Waals surface area contributed by atoms with Crippen molar-refractivity contribution in [2.24, 2.45) is 0 Å². The number of carbonyl (C=O) groups is 2. The van der Waals surface area contributed by atoms with Gasteiger partial charge in [-0.25, -0.2) is 4.79 Å². The van der Waals surface area contributed by atoms with Crippen LogP contribution in [0.2, 0.25) is 0 Å². The van der Waals surface area contributed by atoms with E-state index in [2.05, 4.69) is 17.6 Å². The molecule has 0 radical (unpaired) electrons. The molecular weight excluding hydrogens is 220 g/mol. The molecule has 5 nitrogen and oxygen atoms in total. The maximum Gasteiger partial charge on any atom is 0.322 e. The molecule has 1 aliphatic rings. The predicted molar refractivity (Wildman–Crippen MR) is 61.3 cm³/mol. The Labute approximate surface area is 99.6 Å². The molecule has 0 spiro atoms. The molecule has 1 aliphatic heterocycles. The normalized spacial score (nSPS) is 23.6. The van der Waals surface area contributed by atoms with Crippen molar-refractivity contribution in [3.8, 4) is 0 Å². The van der Waals surface area contributed by atoms with E-state index in [0.717, 1.165) is 12.8 Å². The highest BCUT2D eigenvalue weighted by atomic mass is 16.3. The van der Waals surface area contributed by atoms with Gasteiger partial charge in [-0.1, -0.05) is 19.8 Å². The van der Waals surface area contributed by atoms with E-state index in [1.807, 2.05) is 6.07 Å². The van der Waals surface area contributed by atoms with Gasteiger partial charge in [0.1, 0.15) is 11.3 Å². The summed E-state index contributed by atoms with van der Waals surface area (Å²) in [5.41, 5.74) is -0.842. The van der Waals surface area contributed by atoms with Crippen molar-refractivity contribution in [1.82, 2.24) is 10.6 Å². The van der Waals surface area contributed by atoms with Crippen molar-refractivity contribution in [3.05, 3.63) is 24.2 Å². The van der Waals surface area contributed by atoms with Gasteiger partial charge in [-0.15, -0.1) is 0 Å². The van der Waals surface area contributed by atoms with Gasteiger partial charge in [-0.3, -0.25) is 10.1 Å². The van der Waals surface area contributed by atoms with Gasteiger partial charge in [-0.2, -0.15) is 0 Å². The second-order valence-corrected chi connectivity index (χ2v) is 4.35. The Morgan fingerprint density at radius 2 is 2.24 bits per heavy atom. The molecule has 1 saturated heterocycles. The van der Waals surface area contributed by atoms with Crippen LogP contribution >= 0.6 is 0 Å². The Hall–Kier alpha value is -1.78. The van der Waals surface area contributed by atoms with Crippen LogP contribution in [0, 0.1) is 0 Å². The first-order valence-electron chi connectivity index (χ1n) is 5.82. The van der Waals surface area contributed by atoms with E-state index in [4.69, 9.17) is 4.42 Å². The average molecular weight is 236 g/mol. The van der Waals surface area contributed by atoms with E-state index >= 15 is 0 Å².